The molecule has 132 valence electrons. The summed E-state index contributed by atoms with van der Waals surface area (Å²) < 4.78 is 0. The van der Waals surface area contributed by atoms with Crippen LogP contribution >= 0.6 is 0 Å². The predicted molar refractivity (Wildman–Crippen MR) is 99.5 cm³/mol. The second-order valence-corrected chi connectivity index (χ2v) is 6.61. The van der Waals surface area contributed by atoms with E-state index in [0.717, 1.165) is 38.0 Å². The average molecular weight is 347 g/mol. The lowest BCUT2D eigenvalue weighted by Gasteiger charge is -2.32. The van der Waals surface area contributed by atoms with Gasteiger partial charge in [-0.2, -0.15) is 0 Å². The summed E-state index contributed by atoms with van der Waals surface area (Å²) in [4.78, 5) is 27.9. The predicted octanol–water partition coefficient (Wildman–Crippen LogP) is 2.42. The Hall–Kier alpha value is -2.86. The number of piperidine rings is 1. The number of hydrogen-bond donors (Lipinski definition) is 1. The van der Waals surface area contributed by atoms with Gasteiger partial charge in [0, 0.05) is 50.5 Å². The monoisotopic (exact) mass is 347 g/mol. The molecular weight excluding hydrogens is 326 g/mol. The molecule has 0 aliphatic carbocycles. The Morgan fingerprint density at radius 3 is 2.73 bits per heavy atom. The first-order valence-electron chi connectivity index (χ1n) is 8.91. The largest absolute Gasteiger partial charge is 0.349 e. The van der Waals surface area contributed by atoms with Crippen LogP contribution in [-0.4, -0.2) is 44.9 Å². The molecule has 2 aromatic heterocycles. The summed E-state index contributed by atoms with van der Waals surface area (Å²) in [5.74, 6) is -0.0678. The Labute approximate surface area is 152 Å². The molecule has 1 aromatic carbocycles. The van der Waals surface area contributed by atoms with Crippen molar-refractivity contribution in [3.05, 3.63) is 66.2 Å². The third-order valence-electron chi connectivity index (χ3n) is 4.80. The first-order chi connectivity index (χ1) is 12.8. The van der Waals surface area contributed by atoms with Crippen molar-refractivity contribution in [2.24, 2.45) is 0 Å². The molecule has 3 heterocycles. The van der Waals surface area contributed by atoms with Crippen molar-refractivity contribution in [1.29, 1.82) is 0 Å². The number of carbonyl (C=O) groups is 1. The zero-order valence-corrected chi connectivity index (χ0v) is 14.5. The summed E-state index contributed by atoms with van der Waals surface area (Å²) in [6.45, 7) is 2.85. The van der Waals surface area contributed by atoms with Crippen LogP contribution in [-0.2, 0) is 6.54 Å². The van der Waals surface area contributed by atoms with E-state index in [2.05, 4.69) is 31.2 Å². The van der Waals surface area contributed by atoms with Crippen LogP contribution in [0.1, 0.15) is 28.8 Å². The van der Waals surface area contributed by atoms with Crippen LogP contribution in [0.4, 0.5) is 0 Å². The van der Waals surface area contributed by atoms with Crippen LogP contribution in [0.15, 0.2) is 55.1 Å². The lowest BCUT2D eigenvalue weighted by molar-refractivity contribution is 0.0910. The fraction of sp³-hybridized carbons (Fsp3) is 0.300. The van der Waals surface area contributed by atoms with Gasteiger partial charge in [-0.15, -0.1) is 0 Å². The molecule has 0 atom stereocenters. The fourth-order valence-corrected chi connectivity index (χ4v) is 3.42. The number of pyridine rings is 1. The Bertz CT molecular complexity index is 886. The van der Waals surface area contributed by atoms with E-state index in [1.807, 2.05) is 30.5 Å². The normalized spacial score (nSPS) is 15.8. The maximum absolute atomic E-state index is 12.7. The first-order valence-corrected chi connectivity index (χ1v) is 8.91. The van der Waals surface area contributed by atoms with Crippen molar-refractivity contribution >= 4 is 16.9 Å². The van der Waals surface area contributed by atoms with Gasteiger partial charge in [0.25, 0.3) is 5.91 Å². The zero-order chi connectivity index (χ0) is 17.8. The smallest absolute Gasteiger partial charge is 0.253 e. The minimum Gasteiger partial charge on any atom is -0.349 e. The molecular formula is C20H21N5O. The molecule has 0 bridgehead atoms. The molecule has 0 saturated carbocycles. The number of para-hydroxylation sites is 1. The molecule has 1 fully saturated rings. The minimum atomic E-state index is -0.0678. The minimum absolute atomic E-state index is 0.0678. The Morgan fingerprint density at radius 1 is 1.08 bits per heavy atom. The number of fused-ring (bicyclic) bond motifs is 1. The number of benzene rings is 1. The van der Waals surface area contributed by atoms with Crippen molar-refractivity contribution in [3.8, 4) is 0 Å². The van der Waals surface area contributed by atoms with Crippen LogP contribution < -0.4 is 5.32 Å². The number of nitrogens with zero attached hydrogens (tertiary/aromatic N) is 4. The van der Waals surface area contributed by atoms with Crippen LogP contribution in [0.3, 0.4) is 0 Å². The third-order valence-corrected chi connectivity index (χ3v) is 4.80. The zero-order valence-electron chi connectivity index (χ0n) is 14.5. The van der Waals surface area contributed by atoms with Crippen molar-refractivity contribution < 1.29 is 4.79 Å². The van der Waals surface area contributed by atoms with Gasteiger partial charge >= 0.3 is 0 Å². The van der Waals surface area contributed by atoms with E-state index in [4.69, 9.17) is 0 Å². The molecule has 1 N–H and O–H groups in total. The summed E-state index contributed by atoms with van der Waals surface area (Å²) in [6.07, 6.45) is 8.86. The van der Waals surface area contributed by atoms with Gasteiger partial charge in [-0.25, -0.2) is 0 Å². The van der Waals surface area contributed by atoms with E-state index in [0.29, 0.717) is 11.1 Å². The Kier molecular flexibility index (Phi) is 4.84. The molecule has 3 aromatic rings. The lowest BCUT2D eigenvalue weighted by Crippen LogP contribution is -2.44. The van der Waals surface area contributed by atoms with Crippen molar-refractivity contribution in [2.45, 2.75) is 25.4 Å². The molecule has 1 aliphatic rings. The summed E-state index contributed by atoms with van der Waals surface area (Å²) >= 11 is 0. The molecule has 0 spiro atoms. The highest BCUT2D eigenvalue weighted by atomic mass is 16.1. The summed E-state index contributed by atoms with van der Waals surface area (Å²) in [5, 5.41) is 3.17. The number of hydrogen-bond acceptors (Lipinski definition) is 5. The highest BCUT2D eigenvalue weighted by Crippen LogP contribution is 2.17. The molecule has 6 nitrogen and oxygen atoms in total. The van der Waals surface area contributed by atoms with E-state index >= 15 is 0 Å². The van der Waals surface area contributed by atoms with Crippen molar-refractivity contribution in [3.63, 3.8) is 0 Å². The third kappa shape index (κ3) is 3.70. The standard InChI is InChI=1S/C20H21N5O/c26-20(17-4-1-5-18-19(17)23-10-9-22-18)24-16-6-11-25(12-7-16)14-15-3-2-8-21-13-15/h1-5,8-10,13,16H,6-7,11-12,14H2,(H,24,26). The summed E-state index contributed by atoms with van der Waals surface area (Å²) in [5.41, 5.74) is 3.21. The highest BCUT2D eigenvalue weighted by Gasteiger charge is 2.22. The topological polar surface area (TPSA) is 71.0 Å². The van der Waals surface area contributed by atoms with E-state index in [1.54, 1.807) is 18.6 Å². The molecule has 0 unspecified atom stereocenters. The number of rotatable bonds is 4. The fourth-order valence-electron chi connectivity index (χ4n) is 3.42. The number of likely N-dealkylation sites (tertiary alicyclic amines) is 1. The molecule has 4 rings (SSSR count). The summed E-state index contributed by atoms with van der Waals surface area (Å²) in [7, 11) is 0. The quantitative estimate of drug-likeness (QED) is 0.785. The van der Waals surface area contributed by atoms with Crippen LogP contribution in [0.2, 0.25) is 0 Å². The first kappa shape index (κ1) is 16.6. The maximum Gasteiger partial charge on any atom is 0.253 e. The van der Waals surface area contributed by atoms with Gasteiger partial charge in [0.15, 0.2) is 0 Å². The molecule has 1 aliphatic heterocycles. The lowest BCUT2D eigenvalue weighted by atomic mass is 10.0. The highest BCUT2D eigenvalue weighted by molar-refractivity contribution is 6.04. The van der Waals surface area contributed by atoms with Gasteiger partial charge in [0.1, 0.15) is 5.52 Å². The van der Waals surface area contributed by atoms with Gasteiger partial charge in [0.05, 0.1) is 11.1 Å². The van der Waals surface area contributed by atoms with Gasteiger partial charge < -0.3 is 5.32 Å². The number of carbonyl (C=O) groups excluding carboxylic acids is 1. The molecule has 0 radical (unpaired) electrons. The van der Waals surface area contributed by atoms with Gasteiger partial charge in [-0.05, 0) is 36.6 Å². The molecule has 1 amide bonds. The van der Waals surface area contributed by atoms with Crippen LogP contribution in [0.25, 0.3) is 11.0 Å². The van der Waals surface area contributed by atoms with E-state index < -0.39 is 0 Å². The van der Waals surface area contributed by atoms with Gasteiger partial charge in [0.2, 0.25) is 0 Å². The molecule has 6 heteroatoms. The van der Waals surface area contributed by atoms with Crippen LogP contribution in [0, 0.1) is 0 Å². The summed E-state index contributed by atoms with van der Waals surface area (Å²) in [6, 6.07) is 9.79. The van der Waals surface area contributed by atoms with Gasteiger partial charge in [-0.1, -0.05) is 12.1 Å². The maximum atomic E-state index is 12.7. The Balaban J connectivity index is 1.36. The molecule has 1 saturated heterocycles. The average Bonchev–Trinajstić information content (AvgIpc) is 2.70. The van der Waals surface area contributed by atoms with Gasteiger partial charge in [-0.3, -0.25) is 24.6 Å². The van der Waals surface area contributed by atoms with E-state index in [1.165, 1.54) is 5.56 Å². The van der Waals surface area contributed by atoms with E-state index in [-0.39, 0.29) is 11.9 Å². The van der Waals surface area contributed by atoms with Crippen LogP contribution in [0.5, 0.6) is 0 Å². The number of nitrogens with one attached hydrogen (secondary N) is 1. The number of amides is 1. The van der Waals surface area contributed by atoms with Crippen molar-refractivity contribution in [1.82, 2.24) is 25.2 Å². The second kappa shape index (κ2) is 7.58. The second-order valence-electron chi connectivity index (χ2n) is 6.61. The van der Waals surface area contributed by atoms with E-state index in [9.17, 15) is 4.79 Å². The Morgan fingerprint density at radius 2 is 1.92 bits per heavy atom. The molecule has 26 heavy (non-hydrogen) atoms. The number of aromatic nitrogens is 3. The van der Waals surface area contributed by atoms with Crippen molar-refractivity contribution in [2.75, 3.05) is 13.1 Å². The SMILES string of the molecule is O=C(NC1CCN(Cc2cccnc2)CC1)c1cccc2nccnc12.